The number of likely N-dealkylation sites (N-methyl/N-ethyl adjacent to an activating group) is 1. The van der Waals surface area contributed by atoms with Gasteiger partial charge in [-0.05, 0) is 33.9 Å². The zero-order valence-electron chi connectivity index (χ0n) is 15.1. The fourth-order valence-electron chi connectivity index (χ4n) is 2.96. The van der Waals surface area contributed by atoms with Gasteiger partial charge in [0.25, 0.3) is 5.91 Å². The molecule has 1 atom stereocenters. The number of nitrogens with zero attached hydrogens (tertiary/aromatic N) is 3. The lowest BCUT2D eigenvalue weighted by Crippen LogP contribution is -2.40. The predicted molar refractivity (Wildman–Crippen MR) is 90.9 cm³/mol. The molecule has 1 aliphatic rings. The molecule has 0 radical (unpaired) electrons. The smallest absolute Gasteiger partial charge is 0.289 e. The van der Waals surface area contributed by atoms with Crippen LogP contribution in [0, 0.1) is 6.92 Å². The molecule has 0 aromatic carbocycles. The third-order valence-corrected chi connectivity index (χ3v) is 4.35. The third kappa shape index (κ3) is 4.56. The van der Waals surface area contributed by atoms with Crippen molar-refractivity contribution in [1.29, 1.82) is 0 Å². The number of carbonyl (C=O) groups excluding carboxylic acids is 2. The van der Waals surface area contributed by atoms with Crippen LogP contribution in [0.1, 0.15) is 48.3 Å². The Kier molecular flexibility index (Phi) is 6.36. The van der Waals surface area contributed by atoms with Crippen LogP contribution in [0.4, 0.5) is 0 Å². The Balaban J connectivity index is 1.83. The summed E-state index contributed by atoms with van der Waals surface area (Å²) in [6.07, 6.45) is 2.90. The van der Waals surface area contributed by atoms with Gasteiger partial charge in [0.2, 0.25) is 11.7 Å². The minimum atomic E-state index is -0.233. The molecule has 1 aromatic rings. The van der Waals surface area contributed by atoms with Crippen molar-refractivity contribution in [2.75, 3.05) is 33.7 Å². The Bertz CT molecular complexity index is 582. The van der Waals surface area contributed by atoms with E-state index in [2.05, 4.69) is 15.2 Å². The van der Waals surface area contributed by atoms with Gasteiger partial charge in [-0.3, -0.25) is 9.59 Å². The average molecular weight is 336 g/mol. The number of aromatic nitrogens is 1. The second-order valence-corrected chi connectivity index (χ2v) is 6.50. The summed E-state index contributed by atoms with van der Waals surface area (Å²) in [5.41, 5.74) is 0.619. The van der Waals surface area contributed by atoms with Crippen LogP contribution in [-0.4, -0.2) is 66.4 Å². The highest BCUT2D eigenvalue weighted by molar-refractivity contribution is 5.92. The van der Waals surface area contributed by atoms with Crippen molar-refractivity contribution in [3.63, 3.8) is 0 Å². The molecule has 24 heavy (non-hydrogen) atoms. The van der Waals surface area contributed by atoms with Gasteiger partial charge >= 0.3 is 0 Å². The predicted octanol–water partition coefficient (Wildman–Crippen LogP) is 1.22. The summed E-state index contributed by atoms with van der Waals surface area (Å²) in [5, 5.41) is 2.88. The lowest BCUT2D eigenvalue weighted by molar-refractivity contribution is -0.129. The highest BCUT2D eigenvalue weighted by atomic mass is 16.4. The van der Waals surface area contributed by atoms with Gasteiger partial charge in [-0.15, -0.1) is 0 Å². The largest absolute Gasteiger partial charge is 0.435 e. The van der Waals surface area contributed by atoms with Gasteiger partial charge in [0.15, 0.2) is 5.89 Å². The number of likely N-dealkylation sites (tertiary alicyclic amines) is 1. The first-order chi connectivity index (χ1) is 11.4. The molecule has 1 saturated heterocycles. The number of hydrogen-bond donors (Lipinski definition) is 1. The Morgan fingerprint density at radius 2 is 2.21 bits per heavy atom. The number of oxazole rings is 1. The molecular formula is C17H28N4O3. The molecule has 7 nitrogen and oxygen atoms in total. The first kappa shape index (κ1) is 18.4. The van der Waals surface area contributed by atoms with E-state index < -0.39 is 0 Å². The molecular weight excluding hydrogens is 308 g/mol. The third-order valence-electron chi connectivity index (χ3n) is 4.35. The molecule has 1 fully saturated rings. The monoisotopic (exact) mass is 336 g/mol. The van der Waals surface area contributed by atoms with Gasteiger partial charge < -0.3 is 19.5 Å². The lowest BCUT2D eigenvalue weighted by Gasteiger charge is -2.26. The van der Waals surface area contributed by atoms with E-state index in [0.717, 1.165) is 25.9 Å². The van der Waals surface area contributed by atoms with E-state index in [1.807, 2.05) is 25.9 Å². The van der Waals surface area contributed by atoms with Gasteiger partial charge in [0.05, 0.1) is 5.69 Å². The van der Waals surface area contributed by atoms with Gasteiger partial charge in [-0.25, -0.2) is 4.98 Å². The standard InChI is InChI=1S/C17H28N4O3/c1-5-14-19-12(2)16(24-14)17(23)18-9-8-13-6-7-15(22)21(13)11-10-20(3)4/h13H,5-11H2,1-4H3,(H,18,23)/t13-/m1/s1. The summed E-state index contributed by atoms with van der Waals surface area (Å²) in [4.78, 5) is 32.4. The van der Waals surface area contributed by atoms with Crippen molar-refractivity contribution in [1.82, 2.24) is 20.1 Å². The number of amides is 2. The first-order valence-electron chi connectivity index (χ1n) is 8.61. The van der Waals surface area contributed by atoms with Gasteiger partial charge in [-0.2, -0.15) is 0 Å². The highest BCUT2D eigenvalue weighted by Crippen LogP contribution is 2.21. The van der Waals surface area contributed by atoms with E-state index in [1.54, 1.807) is 6.92 Å². The van der Waals surface area contributed by atoms with Crippen LogP contribution in [0.5, 0.6) is 0 Å². The van der Waals surface area contributed by atoms with Crippen LogP contribution >= 0.6 is 0 Å². The van der Waals surface area contributed by atoms with E-state index in [-0.39, 0.29) is 17.9 Å². The lowest BCUT2D eigenvalue weighted by atomic mass is 10.1. The van der Waals surface area contributed by atoms with Gasteiger partial charge in [0, 0.05) is 38.5 Å². The molecule has 2 amide bonds. The fraction of sp³-hybridized carbons (Fsp3) is 0.706. The highest BCUT2D eigenvalue weighted by Gasteiger charge is 2.30. The molecule has 1 aromatic heterocycles. The molecule has 2 heterocycles. The molecule has 2 rings (SSSR count). The summed E-state index contributed by atoms with van der Waals surface area (Å²) >= 11 is 0. The molecule has 0 spiro atoms. The quantitative estimate of drug-likeness (QED) is 0.772. The molecule has 0 bridgehead atoms. The Morgan fingerprint density at radius 1 is 1.46 bits per heavy atom. The van der Waals surface area contributed by atoms with Crippen LogP contribution in [0.3, 0.4) is 0 Å². The van der Waals surface area contributed by atoms with Crippen molar-refractivity contribution in [3.8, 4) is 0 Å². The molecule has 1 N–H and O–H groups in total. The van der Waals surface area contributed by atoms with Crippen LogP contribution in [0.25, 0.3) is 0 Å². The fourth-order valence-corrected chi connectivity index (χ4v) is 2.96. The minimum absolute atomic E-state index is 0.208. The van der Waals surface area contributed by atoms with Crippen molar-refractivity contribution >= 4 is 11.8 Å². The number of aryl methyl sites for hydroxylation is 2. The van der Waals surface area contributed by atoms with Crippen molar-refractivity contribution in [2.24, 2.45) is 0 Å². The van der Waals surface area contributed by atoms with Crippen LogP contribution in [0.15, 0.2) is 4.42 Å². The first-order valence-corrected chi connectivity index (χ1v) is 8.61. The SMILES string of the molecule is CCc1nc(C)c(C(=O)NCC[C@H]2CCC(=O)N2CCN(C)C)o1. The number of rotatable bonds is 8. The van der Waals surface area contributed by atoms with Gasteiger partial charge in [-0.1, -0.05) is 6.92 Å². The molecule has 0 aliphatic carbocycles. The average Bonchev–Trinajstić information content (AvgIpc) is 3.08. The van der Waals surface area contributed by atoms with E-state index in [0.29, 0.717) is 36.7 Å². The van der Waals surface area contributed by atoms with Crippen molar-refractivity contribution in [3.05, 3.63) is 17.3 Å². The minimum Gasteiger partial charge on any atom is -0.435 e. The summed E-state index contributed by atoms with van der Waals surface area (Å²) in [6.45, 7) is 5.83. The summed E-state index contributed by atoms with van der Waals surface area (Å²) in [6, 6.07) is 0.208. The second-order valence-electron chi connectivity index (χ2n) is 6.50. The summed E-state index contributed by atoms with van der Waals surface area (Å²) < 4.78 is 5.46. The zero-order valence-corrected chi connectivity index (χ0v) is 15.1. The van der Waals surface area contributed by atoms with Crippen molar-refractivity contribution in [2.45, 2.75) is 45.6 Å². The number of carbonyl (C=O) groups is 2. The zero-order chi connectivity index (χ0) is 17.7. The molecule has 0 unspecified atom stereocenters. The van der Waals surface area contributed by atoms with Gasteiger partial charge in [0.1, 0.15) is 0 Å². The Labute approximate surface area is 143 Å². The van der Waals surface area contributed by atoms with E-state index >= 15 is 0 Å². The number of nitrogens with one attached hydrogen (secondary N) is 1. The topological polar surface area (TPSA) is 78.7 Å². The van der Waals surface area contributed by atoms with E-state index in [9.17, 15) is 9.59 Å². The molecule has 134 valence electrons. The van der Waals surface area contributed by atoms with Crippen LogP contribution in [-0.2, 0) is 11.2 Å². The molecule has 0 saturated carbocycles. The Hall–Kier alpha value is -1.89. The number of hydrogen-bond acceptors (Lipinski definition) is 5. The van der Waals surface area contributed by atoms with E-state index in [1.165, 1.54) is 0 Å². The van der Waals surface area contributed by atoms with Crippen molar-refractivity contribution < 1.29 is 14.0 Å². The summed E-state index contributed by atoms with van der Waals surface area (Å²) in [7, 11) is 4.00. The maximum atomic E-state index is 12.2. The normalized spacial score (nSPS) is 17.8. The Morgan fingerprint density at radius 3 is 2.83 bits per heavy atom. The van der Waals surface area contributed by atoms with E-state index in [4.69, 9.17) is 4.42 Å². The molecule has 1 aliphatic heterocycles. The van der Waals surface area contributed by atoms with Crippen LogP contribution in [0.2, 0.25) is 0 Å². The van der Waals surface area contributed by atoms with Crippen LogP contribution < -0.4 is 5.32 Å². The maximum Gasteiger partial charge on any atom is 0.289 e. The second kappa shape index (κ2) is 8.28. The molecule has 7 heteroatoms. The maximum absolute atomic E-state index is 12.2. The summed E-state index contributed by atoms with van der Waals surface area (Å²) in [5.74, 6) is 0.850.